The quantitative estimate of drug-likeness (QED) is 0.334. The zero-order chi connectivity index (χ0) is 20.9. The maximum Gasteiger partial charge on any atom is 0.330 e. The molecule has 2 heterocycles. The van der Waals surface area contributed by atoms with Gasteiger partial charge in [0.2, 0.25) is 5.91 Å². The van der Waals surface area contributed by atoms with E-state index in [-0.39, 0.29) is 6.61 Å². The van der Waals surface area contributed by atoms with Crippen molar-refractivity contribution in [1.29, 1.82) is 0 Å². The Labute approximate surface area is 172 Å². The highest BCUT2D eigenvalue weighted by Gasteiger charge is 2.08. The van der Waals surface area contributed by atoms with Gasteiger partial charge in [-0.2, -0.15) is 0 Å². The Morgan fingerprint density at radius 1 is 1.07 bits per heavy atom. The second-order valence-electron chi connectivity index (χ2n) is 6.43. The first kappa shape index (κ1) is 19.1. The van der Waals surface area contributed by atoms with Crippen molar-refractivity contribution in [1.82, 2.24) is 15.0 Å². The number of hydrogen-bond donors (Lipinski definition) is 3. The highest BCUT2D eigenvalue weighted by atomic mass is 16.5. The molecule has 3 N–H and O–H groups in total. The summed E-state index contributed by atoms with van der Waals surface area (Å²) < 4.78 is 4.76. The number of carbonyl (C=O) groups is 2. The van der Waals surface area contributed by atoms with Crippen LogP contribution in [0.4, 0.5) is 17.2 Å². The number of rotatable bonds is 6. The van der Waals surface area contributed by atoms with Gasteiger partial charge in [0.1, 0.15) is 12.1 Å². The van der Waals surface area contributed by atoms with E-state index in [0.29, 0.717) is 11.5 Å². The van der Waals surface area contributed by atoms with Gasteiger partial charge in [-0.3, -0.25) is 4.79 Å². The Bertz CT molecular complexity index is 1260. The summed E-state index contributed by atoms with van der Waals surface area (Å²) in [5, 5.41) is 7.86. The molecule has 0 saturated heterocycles. The SMILES string of the molecule is CCOC(=O)C=CC(=O)Nc1ccc2ncnc(Nc3ccc4[nH]ccc4c3)c2c1. The Balaban J connectivity index is 1.57. The van der Waals surface area contributed by atoms with Crippen LogP contribution in [0, 0.1) is 0 Å². The number of benzene rings is 2. The molecule has 8 nitrogen and oxygen atoms in total. The first-order valence-corrected chi connectivity index (χ1v) is 9.37. The molecule has 4 rings (SSSR count). The van der Waals surface area contributed by atoms with Crippen molar-refractivity contribution in [3.63, 3.8) is 0 Å². The smallest absolute Gasteiger partial charge is 0.330 e. The second kappa shape index (κ2) is 8.44. The number of nitrogens with zero attached hydrogens (tertiary/aromatic N) is 2. The molecular weight excluding hydrogens is 382 g/mol. The van der Waals surface area contributed by atoms with Gasteiger partial charge in [0.15, 0.2) is 0 Å². The van der Waals surface area contributed by atoms with Gasteiger partial charge in [0, 0.05) is 46.0 Å². The number of aromatic amines is 1. The largest absolute Gasteiger partial charge is 0.463 e. The van der Waals surface area contributed by atoms with Crippen LogP contribution in [0.2, 0.25) is 0 Å². The molecule has 8 heteroatoms. The number of hydrogen-bond acceptors (Lipinski definition) is 6. The molecule has 0 aliphatic rings. The van der Waals surface area contributed by atoms with E-state index in [1.165, 1.54) is 6.33 Å². The average molecular weight is 401 g/mol. The lowest BCUT2D eigenvalue weighted by Gasteiger charge is -2.10. The van der Waals surface area contributed by atoms with Gasteiger partial charge in [-0.15, -0.1) is 0 Å². The highest BCUT2D eigenvalue weighted by Crippen LogP contribution is 2.27. The predicted molar refractivity (Wildman–Crippen MR) is 116 cm³/mol. The molecular formula is C22H19N5O3. The number of ether oxygens (including phenoxy) is 1. The van der Waals surface area contributed by atoms with E-state index in [2.05, 4.69) is 25.6 Å². The standard InChI is InChI=1S/C22H19N5O3/c1-2-30-21(29)8-7-20(28)26-16-4-6-19-17(12-16)22(25-13-24-19)27-15-3-5-18-14(11-15)9-10-23-18/h3-13,23H,2H2,1H3,(H,26,28)(H,24,25,27). The minimum atomic E-state index is -0.564. The second-order valence-corrected chi connectivity index (χ2v) is 6.43. The fourth-order valence-corrected chi connectivity index (χ4v) is 3.02. The van der Waals surface area contributed by atoms with Crippen LogP contribution in [0.3, 0.4) is 0 Å². The fourth-order valence-electron chi connectivity index (χ4n) is 3.02. The number of nitrogens with one attached hydrogen (secondary N) is 3. The minimum Gasteiger partial charge on any atom is -0.463 e. The van der Waals surface area contributed by atoms with Crippen LogP contribution in [0.5, 0.6) is 0 Å². The summed E-state index contributed by atoms with van der Waals surface area (Å²) in [4.78, 5) is 35.2. The molecule has 0 atom stereocenters. The van der Waals surface area contributed by atoms with E-state index >= 15 is 0 Å². The van der Waals surface area contributed by atoms with E-state index in [9.17, 15) is 9.59 Å². The van der Waals surface area contributed by atoms with Crippen molar-refractivity contribution < 1.29 is 14.3 Å². The van der Waals surface area contributed by atoms with Crippen LogP contribution in [0.15, 0.2) is 67.1 Å². The van der Waals surface area contributed by atoms with E-state index in [1.54, 1.807) is 25.1 Å². The molecule has 4 aromatic rings. The number of carbonyl (C=O) groups excluding carboxylic acids is 2. The average Bonchev–Trinajstić information content (AvgIpc) is 3.21. The maximum atomic E-state index is 12.1. The Morgan fingerprint density at radius 3 is 2.80 bits per heavy atom. The monoisotopic (exact) mass is 401 g/mol. The van der Waals surface area contributed by atoms with Crippen LogP contribution in [0.1, 0.15) is 6.92 Å². The Morgan fingerprint density at radius 2 is 1.93 bits per heavy atom. The van der Waals surface area contributed by atoms with Crippen LogP contribution in [0.25, 0.3) is 21.8 Å². The van der Waals surface area contributed by atoms with Crippen LogP contribution < -0.4 is 10.6 Å². The summed E-state index contributed by atoms with van der Waals surface area (Å²) in [6.45, 7) is 1.95. The van der Waals surface area contributed by atoms with Gasteiger partial charge in [-0.25, -0.2) is 14.8 Å². The molecule has 2 aromatic carbocycles. The van der Waals surface area contributed by atoms with Crippen molar-refractivity contribution in [2.24, 2.45) is 0 Å². The highest BCUT2D eigenvalue weighted by molar-refractivity contribution is 6.04. The number of anilines is 3. The first-order chi connectivity index (χ1) is 14.6. The summed E-state index contributed by atoms with van der Waals surface area (Å²) in [6, 6.07) is 13.3. The topological polar surface area (TPSA) is 109 Å². The lowest BCUT2D eigenvalue weighted by molar-refractivity contribution is -0.137. The summed E-state index contributed by atoms with van der Waals surface area (Å²) in [7, 11) is 0. The van der Waals surface area contributed by atoms with E-state index in [1.807, 2.05) is 30.5 Å². The zero-order valence-electron chi connectivity index (χ0n) is 16.2. The number of amides is 1. The van der Waals surface area contributed by atoms with Gasteiger partial charge in [-0.05, 0) is 49.4 Å². The molecule has 1 amide bonds. The van der Waals surface area contributed by atoms with E-state index in [4.69, 9.17) is 4.74 Å². The van der Waals surface area contributed by atoms with Crippen LogP contribution >= 0.6 is 0 Å². The van der Waals surface area contributed by atoms with Gasteiger partial charge >= 0.3 is 5.97 Å². The molecule has 0 aliphatic heterocycles. The summed E-state index contributed by atoms with van der Waals surface area (Å²) in [5.74, 6) is -0.384. The lowest BCUT2D eigenvalue weighted by Crippen LogP contribution is -2.09. The number of fused-ring (bicyclic) bond motifs is 2. The normalized spacial score (nSPS) is 11.1. The van der Waals surface area contributed by atoms with Crippen molar-refractivity contribution in [3.8, 4) is 0 Å². The minimum absolute atomic E-state index is 0.252. The van der Waals surface area contributed by atoms with E-state index < -0.39 is 11.9 Å². The van der Waals surface area contributed by atoms with Gasteiger partial charge < -0.3 is 20.4 Å². The Kier molecular flexibility index (Phi) is 5.38. The van der Waals surface area contributed by atoms with Crippen molar-refractivity contribution in [3.05, 3.63) is 67.1 Å². The molecule has 0 saturated carbocycles. The molecule has 0 fully saturated rings. The van der Waals surface area contributed by atoms with Gasteiger partial charge in [0.05, 0.1) is 12.1 Å². The van der Waals surface area contributed by atoms with Gasteiger partial charge in [0.25, 0.3) is 0 Å². The first-order valence-electron chi connectivity index (χ1n) is 9.37. The fraction of sp³-hybridized carbons (Fsp3) is 0.0909. The lowest BCUT2D eigenvalue weighted by atomic mass is 10.2. The molecule has 0 spiro atoms. The molecule has 30 heavy (non-hydrogen) atoms. The predicted octanol–water partition coefficient (Wildman–Crippen LogP) is 3.91. The van der Waals surface area contributed by atoms with Crippen molar-refractivity contribution in [2.75, 3.05) is 17.2 Å². The molecule has 0 unspecified atom stereocenters. The summed E-state index contributed by atoms with van der Waals surface area (Å²) in [5.41, 5.74) is 3.22. The van der Waals surface area contributed by atoms with E-state index in [0.717, 1.165) is 39.6 Å². The van der Waals surface area contributed by atoms with Crippen LogP contribution in [-0.4, -0.2) is 33.4 Å². The summed E-state index contributed by atoms with van der Waals surface area (Å²) >= 11 is 0. The third kappa shape index (κ3) is 4.27. The Hall–Kier alpha value is -4.20. The van der Waals surface area contributed by atoms with Gasteiger partial charge in [-0.1, -0.05) is 0 Å². The number of aromatic nitrogens is 3. The zero-order valence-corrected chi connectivity index (χ0v) is 16.2. The van der Waals surface area contributed by atoms with Crippen molar-refractivity contribution >= 4 is 50.9 Å². The summed E-state index contributed by atoms with van der Waals surface area (Å²) in [6.07, 6.45) is 5.60. The maximum absolute atomic E-state index is 12.1. The third-order valence-corrected chi connectivity index (χ3v) is 4.38. The third-order valence-electron chi connectivity index (χ3n) is 4.38. The number of esters is 1. The molecule has 0 bridgehead atoms. The molecule has 0 radical (unpaired) electrons. The van der Waals surface area contributed by atoms with Crippen molar-refractivity contribution in [2.45, 2.75) is 6.92 Å². The van der Waals surface area contributed by atoms with Crippen LogP contribution in [-0.2, 0) is 14.3 Å². The molecule has 2 aromatic heterocycles. The molecule has 0 aliphatic carbocycles. The molecule has 150 valence electrons. The number of H-pyrrole nitrogens is 1.